The molecule has 0 aromatic heterocycles. The molecule has 0 saturated carbocycles. The Hall–Kier alpha value is -0.479. The fourth-order valence-corrected chi connectivity index (χ4v) is 30.8. The maximum absolute atomic E-state index is 15.3. The van der Waals surface area contributed by atoms with Crippen LogP contribution in [-0.2, 0) is 35.3 Å². The predicted molar refractivity (Wildman–Crippen MR) is 139 cm³/mol. The summed E-state index contributed by atoms with van der Waals surface area (Å²) in [7, 11) is 13.4. The van der Waals surface area contributed by atoms with E-state index in [1.54, 1.807) is 72.8 Å². The van der Waals surface area contributed by atoms with Crippen LogP contribution in [0.15, 0.2) is 97.1 Å². The van der Waals surface area contributed by atoms with Crippen molar-refractivity contribution >= 4 is 49.0 Å². The van der Waals surface area contributed by atoms with Crippen LogP contribution < -0.4 is 21.2 Å². The number of hydrogen-bond acceptors (Lipinski definition) is 0. The van der Waals surface area contributed by atoms with Gasteiger partial charge in [0, 0.05) is 0 Å². The maximum atomic E-state index is 15.3. The van der Waals surface area contributed by atoms with Crippen molar-refractivity contribution in [3.63, 3.8) is 0 Å². The summed E-state index contributed by atoms with van der Waals surface area (Å²) in [4.78, 5) is 0. The van der Waals surface area contributed by atoms with Crippen molar-refractivity contribution in [2.75, 3.05) is 12.3 Å². The van der Waals surface area contributed by atoms with Crippen LogP contribution in [0.1, 0.15) is 0 Å². The quantitative estimate of drug-likeness (QED) is 0.105. The van der Waals surface area contributed by atoms with Crippen molar-refractivity contribution in [3.8, 4) is 0 Å². The van der Waals surface area contributed by atoms with E-state index in [9.17, 15) is 0 Å². The zero-order valence-corrected chi connectivity index (χ0v) is 26.1. The minimum absolute atomic E-state index is 0.291. The molecule has 0 nitrogen and oxygen atoms in total. The summed E-state index contributed by atoms with van der Waals surface area (Å²) in [6.07, 6.45) is 0.583. The van der Waals surface area contributed by atoms with Crippen LogP contribution in [0.25, 0.3) is 0 Å². The molecule has 0 bridgehead atoms. The molecule has 4 aromatic rings. The van der Waals surface area contributed by atoms with Crippen molar-refractivity contribution in [1.82, 2.24) is 0 Å². The number of benzene rings is 4. The molecular formula is C26H20Au2Cl2F4P2. The average molecular weight is 935 g/mol. The Bertz CT molecular complexity index is 1300. The molecule has 0 aliphatic carbocycles. The van der Waals surface area contributed by atoms with Gasteiger partial charge in [-0.05, 0) is 0 Å². The minimum atomic E-state index is -2.79. The van der Waals surface area contributed by atoms with Gasteiger partial charge in [-0.15, -0.1) is 0 Å². The van der Waals surface area contributed by atoms with Crippen LogP contribution in [0.3, 0.4) is 0 Å². The summed E-state index contributed by atoms with van der Waals surface area (Å²) in [6.45, 7) is 0. The second kappa shape index (κ2) is 12.6. The standard InChI is InChI=1S/C26H20F4P2.2Au.2ClH/c27-19-9-1-5-13-23(19)31(24-14-6-2-10-20(24)28)17-18-32(25-15-7-3-11-21(25)29)26-16-8-4-12-22(26)30;;;;/h1-16H,17-18H2;;;2*1H/q;2*+1;;/p-2. The molecule has 10 heteroatoms. The second-order valence-corrected chi connectivity index (χ2v) is 30.5. The van der Waals surface area contributed by atoms with Crippen molar-refractivity contribution in [1.29, 1.82) is 0 Å². The van der Waals surface area contributed by atoms with Gasteiger partial charge in [0.25, 0.3) is 0 Å². The number of halogens is 6. The predicted octanol–water partition coefficient (Wildman–Crippen LogP) is 7.18. The Balaban J connectivity index is 1.98. The summed E-state index contributed by atoms with van der Waals surface area (Å²) in [5.41, 5.74) is 0. The fourth-order valence-electron chi connectivity index (χ4n) is 4.06. The Morgan fingerprint density at radius 2 is 0.667 bits per heavy atom. The third kappa shape index (κ3) is 5.47. The first-order valence-corrected chi connectivity index (χ1v) is 25.4. The van der Waals surface area contributed by atoms with E-state index in [0.717, 1.165) is 0 Å². The van der Waals surface area contributed by atoms with E-state index >= 15 is 17.6 Å². The van der Waals surface area contributed by atoms with E-state index in [0.29, 0.717) is 33.5 Å². The van der Waals surface area contributed by atoms with E-state index in [1.165, 1.54) is 24.3 Å². The molecule has 0 saturated heterocycles. The molecule has 0 fully saturated rings. The van der Waals surface area contributed by atoms with Crippen LogP contribution in [0, 0.1) is 23.3 Å². The normalized spacial score (nSPS) is 12.3. The van der Waals surface area contributed by atoms with Gasteiger partial charge >= 0.3 is 234 Å². The zero-order valence-electron chi connectivity index (χ0n) is 18.4. The molecule has 36 heavy (non-hydrogen) atoms. The van der Waals surface area contributed by atoms with Gasteiger partial charge in [-0.3, -0.25) is 0 Å². The van der Waals surface area contributed by atoms with Crippen molar-refractivity contribution in [2.24, 2.45) is 0 Å². The zero-order chi connectivity index (χ0) is 25.8. The van der Waals surface area contributed by atoms with Gasteiger partial charge in [0.05, 0.1) is 0 Å². The Labute approximate surface area is 232 Å². The molecule has 4 aromatic carbocycles. The van der Waals surface area contributed by atoms with Gasteiger partial charge in [-0.2, -0.15) is 0 Å². The molecule has 0 unspecified atom stereocenters. The van der Waals surface area contributed by atoms with E-state index in [1.807, 2.05) is 0 Å². The Morgan fingerprint density at radius 1 is 0.444 bits per heavy atom. The van der Waals surface area contributed by atoms with Gasteiger partial charge in [-0.25, -0.2) is 0 Å². The van der Waals surface area contributed by atoms with E-state index in [-0.39, 0.29) is 0 Å². The topological polar surface area (TPSA) is 0 Å². The Kier molecular flexibility index (Phi) is 9.97. The molecule has 0 atom stereocenters. The van der Waals surface area contributed by atoms with Crippen molar-refractivity contribution in [2.45, 2.75) is 0 Å². The van der Waals surface area contributed by atoms with Crippen LogP contribution in [0.2, 0.25) is 0 Å². The first-order valence-electron chi connectivity index (χ1n) is 10.6. The van der Waals surface area contributed by atoms with Gasteiger partial charge < -0.3 is 0 Å². The first kappa shape index (κ1) is 28.5. The fraction of sp³-hybridized carbons (Fsp3) is 0.0769. The van der Waals surface area contributed by atoms with E-state index in [4.69, 9.17) is 18.4 Å². The van der Waals surface area contributed by atoms with Crippen LogP contribution >= 0.6 is 27.8 Å². The molecule has 0 amide bonds. The molecule has 4 rings (SSSR count). The SMILES string of the molecule is Fc1ccccc1[P](CC[P](=[Au][Cl])(c1ccccc1F)c1ccccc1F)(=[Au][Cl])c1ccccc1F. The van der Waals surface area contributed by atoms with Crippen LogP contribution in [-0.4, -0.2) is 12.3 Å². The summed E-state index contributed by atoms with van der Waals surface area (Å²) < 4.78 is 55.6. The van der Waals surface area contributed by atoms with Gasteiger partial charge in [0.2, 0.25) is 0 Å². The molecule has 0 N–H and O–H groups in total. The third-order valence-corrected chi connectivity index (χ3v) is 33.9. The molecule has 0 aliphatic heterocycles. The summed E-state index contributed by atoms with van der Waals surface area (Å²) in [6, 6.07) is 25.2. The number of rotatable bonds is 7. The van der Waals surface area contributed by atoms with Gasteiger partial charge in [-0.1, -0.05) is 0 Å². The molecule has 198 valence electrons. The summed E-state index contributed by atoms with van der Waals surface area (Å²) in [5.74, 6) is -1.81. The first-order chi connectivity index (χ1) is 17.4. The summed E-state index contributed by atoms with van der Waals surface area (Å²) in [5, 5.41) is 1.55. The molecular weight excluding hydrogens is 915 g/mol. The monoisotopic (exact) mass is 934 g/mol. The third-order valence-electron chi connectivity index (χ3n) is 5.72. The average Bonchev–Trinajstić information content (AvgIpc) is 2.90. The van der Waals surface area contributed by atoms with Gasteiger partial charge in [0.15, 0.2) is 0 Å². The second-order valence-electron chi connectivity index (χ2n) is 7.67. The Morgan fingerprint density at radius 3 is 0.861 bits per heavy atom. The van der Waals surface area contributed by atoms with Gasteiger partial charge in [0.1, 0.15) is 0 Å². The summed E-state index contributed by atoms with van der Waals surface area (Å²) >= 11 is -2.22. The van der Waals surface area contributed by atoms with Crippen LogP contribution in [0.4, 0.5) is 17.6 Å². The van der Waals surface area contributed by atoms with E-state index < -0.39 is 67.9 Å². The van der Waals surface area contributed by atoms with Crippen molar-refractivity contribution < 1.29 is 52.8 Å². The number of hydrogen-bond donors (Lipinski definition) is 0. The van der Waals surface area contributed by atoms with Crippen LogP contribution in [0.5, 0.6) is 0 Å². The molecule has 0 heterocycles. The van der Waals surface area contributed by atoms with Crippen molar-refractivity contribution in [3.05, 3.63) is 120 Å². The molecule has 0 aliphatic rings. The molecule has 0 spiro atoms. The van der Waals surface area contributed by atoms with E-state index in [2.05, 4.69) is 0 Å². The molecule has 0 radical (unpaired) electrons.